The van der Waals surface area contributed by atoms with Gasteiger partial charge in [-0.2, -0.15) is 0 Å². The lowest BCUT2D eigenvalue weighted by molar-refractivity contribution is 0.133. The third-order valence-electron chi connectivity index (χ3n) is 2.78. The summed E-state index contributed by atoms with van der Waals surface area (Å²) in [6.07, 6.45) is 0. The molecule has 0 bridgehead atoms. The van der Waals surface area contributed by atoms with E-state index >= 15 is 0 Å². The predicted octanol–water partition coefficient (Wildman–Crippen LogP) is 0.0174. The minimum absolute atomic E-state index is 0.0860. The lowest BCUT2D eigenvalue weighted by atomic mass is 9.96. The molecule has 0 aromatic heterocycles. The first-order chi connectivity index (χ1) is 5.52. The number of nitrogens with one attached hydrogen (secondary N) is 1. The Morgan fingerprint density at radius 3 is 2.25 bits per heavy atom. The van der Waals surface area contributed by atoms with Gasteiger partial charge in [0, 0.05) is 37.8 Å². The highest BCUT2D eigenvalue weighted by molar-refractivity contribution is 4.88. The maximum Gasteiger partial charge on any atom is 0.0252 e. The number of nitrogens with two attached hydrogens (primary N) is 1. The summed E-state index contributed by atoms with van der Waals surface area (Å²) >= 11 is 0. The Labute approximate surface area is 75.3 Å². The van der Waals surface area contributed by atoms with Crippen LogP contribution in [0.4, 0.5) is 0 Å². The van der Waals surface area contributed by atoms with Crippen LogP contribution in [-0.4, -0.2) is 42.7 Å². The fourth-order valence-electron chi connectivity index (χ4n) is 1.54. The van der Waals surface area contributed by atoms with Crippen molar-refractivity contribution in [2.45, 2.75) is 32.4 Å². The zero-order valence-electron chi connectivity index (χ0n) is 8.43. The van der Waals surface area contributed by atoms with Crippen molar-refractivity contribution in [1.82, 2.24) is 10.2 Å². The Morgan fingerprint density at radius 1 is 1.33 bits per heavy atom. The molecule has 0 radical (unpaired) electrons. The molecule has 3 N–H and O–H groups in total. The van der Waals surface area contributed by atoms with Crippen LogP contribution in [0.5, 0.6) is 0 Å². The molecule has 1 heterocycles. The molecule has 1 aliphatic heterocycles. The van der Waals surface area contributed by atoms with Gasteiger partial charge in [0.1, 0.15) is 0 Å². The van der Waals surface area contributed by atoms with Gasteiger partial charge in [-0.05, 0) is 20.8 Å². The van der Waals surface area contributed by atoms with E-state index in [4.69, 9.17) is 5.73 Å². The summed E-state index contributed by atoms with van der Waals surface area (Å²) in [5.41, 5.74) is 5.96. The molecule has 1 fully saturated rings. The summed E-state index contributed by atoms with van der Waals surface area (Å²) < 4.78 is 0. The number of piperazine rings is 1. The van der Waals surface area contributed by atoms with Crippen LogP contribution in [0.25, 0.3) is 0 Å². The molecule has 1 rings (SSSR count). The molecule has 0 aliphatic carbocycles. The Morgan fingerprint density at radius 2 is 1.83 bits per heavy atom. The first kappa shape index (κ1) is 9.96. The van der Waals surface area contributed by atoms with E-state index in [1.807, 2.05) is 0 Å². The number of nitrogens with zero attached hydrogens (tertiary/aromatic N) is 1. The van der Waals surface area contributed by atoms with Crippen molar-refractivity contribution in [3.8, 4) is 0 Å². The van der Waals surface area contributed by atoms with Crippen LogP contribution in [0.2, 0.25) is 0 Å². The monoisotopic (exact) mass is 171 g/mol. The molecule has 12 heavy (non-hydrogen) atoms. The smallest absolute Gasteiger partial charge is 0.0252 e. The average Bonchev–Trinajstić information content (AvgIpc) is 2.03. The molecular formula is C9H21N3. The van der Waals surface area contributed by atoms with Gasteiger partial charge in [-0.3, -0.25) is 4.90 Å². The SMILES string of the molecule is CC(N1CCNCC1)C(C)(C)N. The Bertz CT molecular complexity index is 133. The summed E-state index contributed by atoms with van der Waals surface area (Å²) in [5, 5.41) is 3.34. The van der Waals surface area contributed by atoms with Crippen molar-refractivity contribution in [1.29, 1.82) is 0 Å². The standard InChI is InChI=1S/C9H21N3/c1-8(9(2,3)10)12-6-4-11-5-7-12/h8,11H,4-7,10H2,1-3H3. The molecule has 1 saturated heterocycles. The molecule has 0 aromatic carbocycles. The van der Waals surface area contributed by atoms with Crippen molar-refractivity contribution < 1.29 is 0 Å². The molecule has 0 saturated carbocycles. The highest BCUT2D eigenvalue weighted by atomic mass is 15.2. The Balaban J connectivity index is 2.45. The summed E-state index contributed by atoms with van der Waals surface area (Å²) in [5.74, 6) is 0. The number of hydrogen-bond acceptors (Lipinski definition) is 3. The van der Waals surface area contributed by atoms with E-state index in [-0.39, 0.29) is 5.54 Å². The number of rotatable bonds is 2. The maximum absolute atomic E-state index is 6.05. The second-order valence-corrected chi connectivity index (χ2v) is 4.28. The van der Waals surface area contributed by atoms with E-state index in [9.17, 15) is 0 Å². The molecule has 1 unspecified atom stereocenters. The maximum atomic E-state index is 6.05. The Hall–Kier alpha value is -0.120. The van der Waals surface area contributed by atoms with Gasteiger partial charge in [0.05, 0.1) is 0 Å². The average molecular weight is 171 g/mol. The molecule has 3 heteroatoms. The van der Waals surface area contributed by atoms with Crippen LogP contribution in [0.1, 0.15) is 20.8 Å². The van der Waals surface area contributed by atoms with Crippen LogP contribution in [0.3, 0.4) is 0 Å². The van der Waals surface area contributed by atoms with E-state index in [2.05, 4.69) is 31.0 Å². The van der Waals surface area contributed by atoms with E-state index in [0.717, 1.165) is 26.2 Å². The summed E-state index contributed by atoms with van der Waals surface area (Å²) in [6.45, 7) is 10.9. The van der Waals surface area contributed by atoms with Crippen LogP contribution in [-0.2, 0) is 0 Å². The molecule has 0 aromatic rings. The predicted molar refractivity (Wildman–Crippen MR) is 52.2 cm³/mol. The van der Waals surface area contributed by atoms with Gasteiger partial charge in [0.25, 0.3) is 0 Å². The van der Waals surface area contributed by atoms with Gasteiger partial charge < -0.3 is 11.1 Å². The van der Waals surface area contributed by atoms with E-state index in [1.54, 1.807) is 0 Å². The third-order valence-corrected chi connectivity index (χ3v) is 2.78. The minimum atomic E-state index is -0.0860. The molecule has 72 valence electrons. The summed E-state index contributed by atoms with van der Waals surface area (Å²) in [6, 6.07) is 0.472. The van der Waals surface area contributed by atoms with Crippen LogP contribution >= 0.6 is 0 Å². The fourth-order valence-corrected chi connectivity index (χ4v) is 1.54. The van der Waals surface area contributed by atoms with Crippen LogP contribution < -0.4 is 11.1 Å². The lowest BCUT2D eigenvalue weighted by Crippen LogP contribution is -2.57. The van der Waals surface area contributed by atoms with Crippen molar-refractivity contribution in [3.63, 3.8) is 0 Å². The van der Waals surface area contributed by atoms with E-state index < -0.39 is 0 Å². The van der Waals surface area contributed by atoms with Crippen molar-refractivity contribution in [2.24, 2.45) is 5.73 Å². The largest absolute Gasteiger partial charge is 0.324 e. The summed E-state index contributed by atoms with van der Waals surface area (Å²) in [4.78, 5) is 2.45. The van der Waals surface area contributed by atoms with Gasteiger partial charge in [0.15, 0.2) is 0 Å². The van der Waals surface area contributed by atoms with Crippen molar-refractivity contribution in [2.75, 3.05) is 26.2 Å². The van der Waals surface area contributed by atoms with Gasteiger partial charge in [0.2, 0.25) is 0 Å². The molecule has 3 nitrogen and oxygen atoms in total. The minimum Gasteiger partial charge on any atom is -0.324 e. The third kappa shape index (κ3) is 2.44. The molecular weight excluding hydrogens is 150 g/mol. The van der Waals surface area contributed by atoms with E-state index in [1.165, 1.54) is 0 Å². The van der Waals surface area contributed by atoms with Gasteiger partial charge >= 0.3 is 0 Å². The molecule has 0 spiro atoms. The topological polar surface area (TPSA) is 41.3 Å². The van der Waals surface area contributed by atoms with Crippen molar-refractivity contribution in [3.05, 3.63) is 0 Å². The highest BCUT2D eigenvalue weighted by Crippen LogP contribution is 2.12. The van der Waals surface area contributed by atoms with Gasteiger partial charge in [-0.15, -0.1) is 0 Å². The zero-order valence-corrected chi connectivity index (χ0v) is 8.43. The highest BCUT2D eigenvalue weighted by Gasteiger charge is 2.27. The second kappa shape index (κ2) is 3.73. The van der Waals surface area contributed by atoms with Crippen LogP contribution in [0, 0.1) is 0 Å². The normalized spacial score (nSPS) is 24.0. The molecule has 1 atom stereocenters. The van der Waals surface area contributed by atoms with Crippen LogP contribution in [0.15, 0.2) is 0 Å². The first-order valence-electron chi connectivity index (χ1n) is 4.75. The van der Waals surface area contributed by atoms with E-state index in [0.29, 0.717) is 6.04 Å². The summed E-state index contributed by atoms with van der Waals surface area (Å²) in [7, 11) is 0. The van der Waals surface area contributed by atoms with Crippen molar-refractivity contribution >= 4 is 0 Å². The lowest BCUT2D eigenvalue weighted by Gasteiger charge is -2.39. The first-order valence-corrected chi connectivity index (χ1v) is 4.75. The molecule has 1 aliphatic rings. The molecule has 0 amide bonds. The fraction of sp³-hybridized carbons (Fsp3) is 1.00. The Kier molecular flexibility index (Phi) is 3.09. The number of hydrogen-bond donors (Lipinski definition) is 2. The zero-order chi connectivity index (χ0) is 9.19. The quantitative estimate of drug-likeness (QED) is 0.615. The van der Waals surface area contributed by atoms with Gasteiger partial charge in [-0.1, -0.05) is 0 Å². The second-order valence-electron chi connectivity index (χ2n) is 4.28. The van der Waals surface area contributed by atoms with Gasteiger partial charge in [-0.25, -0.2) is 0 Å².